The van der Waals surface area contributed by atoms with Gasteiger partial charge in [0.1, 0.15) is 0 Å². The summed E-state index contributed by atoms with van der Waals surface area (Å²) in [5.41, 5.74) is -0.180. The summed E-state index contributed by atoms with van der Waals surface area (Å²) in [6, 6.07) is -0.298. The first kappa shape index (κ1) is 27.5. The maximum Gasteiger partial charge on any atom is 0.229 e. The Morgan fingerprint density at radius 2 is 1.92 bits per heavy atom. The molecular weight excluding hydrogens is 478 g/mol. The second kappa shape index (κ2) is 10.7. The Morgan fingerprint density at radius 1 is 1.19 bits per heavy atom. The van der Waals surface area contributed by atoms with E-state index in [2.05, 4.69) is 31.4 Å². The third-order valence-electron chi connectivity index (χ3n) is 9.33. The van der Waals surface area contributed by atoms with Crippen molar-refractivity contribution in [3.8, 4) is 0 Å². The van der Waals surface area contributed by atoms with Crippen molar-refractivity contribution in [3.05, 3.63) is 10.6 Å². The van der Waals surface area contributed by atoms with Gasteiger partial charge in [-0.15, -0.1) is 11.3 Å². The Balaban J connectivity index is 1.65. The third kappa shape index (κ3) is 5.08. The quantitative estimate of drug-likeness (QED) is 0.339. The number of thiazole rings is 1. The minimum absolute atomic E-state index is 0.0142. The van der Waals surface area contributed by atoms with Crippen LogP contribution in [0.25, 0.3) is 0 Å². The summed E-state index contributed by atoms with van der Waals surface area (Å²) in [6.07, 6.45) is 5.13. The van der Waals surface area contributed by atoms with Crippen LogP contribution in [0.2, 0.25) is 0 Å². The van der Waals surface area contributed by atoms with Crippen molar-refractivity contribution in [2.24, 2.45) is 28.6 Å². The van der Waals surface area contributed by atoms with E-state index in [4.69, 9.17) is 4.98 Å². The molecule has 0 aliphatic heterocycles. The fraction of sp³-hybridized carbons (Fsp3) is 0.815. The maximum absolute atomic E-state index is 13.3. The van der Waals surface area contributed by atoms with E-state index in [1.165, 1.54) is 11.3 Å². The average molecular weight is 522 g/mol. The molecule has 6 atom stereocenters. The molecule has 3 aliphatic rings. The van der Waals surface area contributed by atoms with Gasteiger partial charge in [0.2, 0.25) is 11.8 Å². The number of aromatic nitrogens is 1. The third-order valence-corrected chi connectivity index (χ3v) is 10.3. The van der Waals surface area contributed by atoms with Crippen molar-refractivity contribution in [3.63, 3.8) is 0 Å². The molecule has 3 aliphatic carbocycles. The van der Waals surface area contributed by atoms with E-state index in [-0.39, 0.29) is 60.7 Å². The van der Waals surface area contributed by atoms with Gasteiger partial charge in [-0.2, -0.15) is 0 Å². The molecule has 0 aromatic carbocycles. The van der Waals surface area contributed by atoms with E-state index >= 15 is 0 Å². The Kier molecular flexibility index (Phi) is 8.15. The Morgan fingerprint density at radius 3 is 2.50 bits per heavy atom. The summed E-state index contributed by atoms with van der Waals surface area (Å²) in [7, 11) is 0. The molecule has 0 spiro atoms. The smallest absolute Gasteiger partial charge is 0.229 e. The van der Waals surface area contributed by atoms with E-state index in [0.29, 0.717) is 30.3 Å². The summed E-state index contributed by atoms with van der Waals surface area (Å²) in [5, 5.41) is 37.7. The van der Waals surface area contributed by atoms with E-state index in [1.807, 2.05) is 6.92 Å². The van der Waals surface area contributed by atoms with Crippen LogP contribution < -0.4 is 10.6 Å². The van der Waals surface area contributed by atoms with Gasteiger partial charge in [-0.3, -0.25) is 9.59 Å². The molecule has 0 bridgehead atoms. The van der Waals surface area contributed by atoms with Crippen molar-refractivity contribution in [1.82, 2.24) is 10.3 Å². The average Bonchev–Trinajstić information content (AvgIpc) is 3.17. The lowest BCUT2D eigenvalue weighted by molar-refractivity contribution is -0.144. The highest BCUT2D eigenvalue weighted by molar-refractivity contribution is 7.15. The number of fused-ring (bicyclic) bond motifs is 2. The molecule has 6 unspecified atom stereocenters. The summed E-state index contributed by atoms with van der Waals surface area (Å²) in [4.78, 5) is 31.8. The molecular formula is C27H43N3O5S. The molecule has 1 heterocycles. The first-order valence-electron chi connectivity index (χ1n) is 13.5. The largest absolute Gasteiger partial charge is 0.396 e. The first-order valence-corrected chi connectivity index (χ1v) is 14.3. The molecule has 4 rings (SSSR count). The Hall–Kier alpha value is -1.55. The number of carbonyl (C=O) groups is 2. The van der Waals surface area contributed by atoms with Crippen LogP contribution in [0.4, 0.5) is 5.13 Å². The van der Waals surface area contributed by atoms with E-state index in [0.717, 1.165) is 36.3 Å². The van der Waals surface area contributed by atoms with Gasteiger partial charge < -0.3 is 26.0 Å². The molecule has 0 radical (unpaired) electrons. The molecule has 5 N–H and O–H groups in total. The zero-order chi connectivity index (χ0) is 26.3. The SMILES string of the molecule is CC(C)CC(CO)NC(=O)CC1c2nc(NC(=O)C3CCC3)sc2CC2C(C)(CO)C(O)CCC12C. The zero-order valence-electron chi connectivity index (χ0n) is 22.0. The first-order chi connectivity index (χ1) is 17.0. The minimum atomic E-state index is -0.690. The molecule has 9 heteroatoms. The molecule has 8 nitrogen and oxygen atoms in total. The molecule has 1 aromatic heterocycles. The summed E-state index contributed by atoms with van der Waals surface area (Å²) in [6.45, 7) is 8.00. The van der Waals surface area contributed by atoms with Crippen molar-refractivity contribution < 1.29 is 24.9 Å². The standard InChI is InChI=1S/C27H43N3O5S/c1-15(2)10-17(13-31)28-22(34)11-18-23-19(36-25(29-23)30-24(35)16-6-5-7-16)12-20-26(18,3)9-8-21(33)27(20,4)14-32/h15-18,20-21,31-33H,5-14H2,1-4H3,(H,28,34)(H,29,30,35). The molecule has 1 aromatic rings. The lowest BCUT2D eigenvalue weighted by Gasteiger charge is -2.58. The van der Waals surface area contributed by atoms with Gasteiger partial charge in [0.25, 0.3) is 0 Å². The normalized spacial score (nSPS) is 32.8. The van der Waals surface area contributed by atoms with E-state index < -0.39 is 11.5 Å². The monoisotopic (exact) mass is 521 g/mol. The number of hydrogen-bond acceptors (Lipinski definition) is 7. The second-order valence-corrected chi connectivity index (χ2v) is 13.3. The summed E-state index contributed by atoms with van der Waals surface area (Å²) >= 11 is 1.46. The second-order valence-electron chi connectivity index (χ2n) is 12.3. The number of anilines is 1. The van der Waals surface area contributed by atoms with Gasteiger partial charge in [0.05, 0.1) is 31.1 Å². The highest BCUT2D eigenvalue weighted by Gasteiger charge is 2.59. The molecule has 2 saturated carbocycles. The van der Waals surface area contributed by atoms with Crippen LogP contribution in [-0.4, -0.2) is 57.5 Å². The number of rotatable bonds is 9. The zero-order valence-corrected chi connectivity index (χ0v) is 22.9. The van der Waals surface area contributed by atoms with Crippen LogP contribution in [0.3, 0.4) is 0 Å². The molecule has 2 fully saturated rings. The van der Waals surface area contributed by atoms with E-state index in [1.54, 1.807) is 0 Å². The van der Waals surface area contributed by atoms with Crippen molar-refractivity contribution >= 4 is 28.3 Å². The van der Waals surface area contributed by atoms with Gasteiger partial charge in [-0.1, -0.05) is 34.1 Å². The molecule has 202 valence electrons. The fourth-order valence-corrected chi connectivity index (χ4v) is 7.87. The number of amides is 2. The fourth-order valence-electron chi connectivity index (χ4n) is 6.80. The number of aliphatic hydroxyl groups excluding tert-OH is 3. The van der Waals surface area contributed by atoms with Crippen LogP contribution in [0, 0.1) is 28.6 Å². The minimum Gasteiger partial charge on any atom is -0.396 e. The van der Waals surface area contributed by atoms with Crippen LogP contribution in [0.1, 0.15) is 89.1 Å². The molecule has 36 heavy (non-hydrogen) atoms. The van der Waals surface area contributed by atoms with Crippen molar-refractivity contribution in [2.75, 3.05) is 18.5 Å². The lowest BCUT2D eigenvalue weighted by atomic mass is 9.47. The topological polar surface area (TPSA) is 132 Å². The van der Waals surface area contributed by atoms with E-state index in [9.17, 15) is 24.9 Å². The number of aliphatic hydroxyl groups is 3. The van der Waals surface area contributed by atoms with Gasteiger partial charge in [0, 0.05) is 28.5 Å². The maximum atomic E-state index is 13.3. The van der Waals surface area contributed by atoms with Crippen LogP contribution in [0.15, 0.2) is 0 Å². The van der Waals surface area contributed by atoms with Gasteiger partial charge in [-0.25, -0.2) is 4.98 Å². The highest BCUT2D eigenvalue weighted by Crippen LogP contribution is 2.62. The van der Waals surface area contributed by atoms with Crippen LogP contribution in [-0.2, 0) is 16.0 Å². The van der Waals surface area contributed by atoms with Crippen LogP contribution >= 0.6 is 11.3 Å². The predicted molar refractivity (Wildman–Crippen MR) is 140 cm³/mol. The highest BCUT2D eigenvalue weighted by atomic mass is 32.1. The number of hydrogen-bond donors (Lipinski definition) is 5. The number of carbonyl (C=O) groups excluding carboxylic acids is 2. The Labute approximate surface area is 218 Å². The predicted octanol–water partition coefficient (Wildman–Crippen LogP) is 3.21. The summed E-state index contributed by atoms with van der Waals surface area (Å²) < 4.78 is 0. The summed E-state index contributed by atoms with van der Waals surface area (Å²) in [5.74, 6) is 0.0308. The van der Waals surface area contributed by atoms with Gasteiger partial charge in [-0.05, 0) is 55.8 Å². The van der Waals surface area contributed by atoms with Crippen molar-refractivity contribution in [1.29, 1.82) is 0 Å². The molecule has 0 saturated heterocycles. The number of nitrogens with one attached hydrogen (secondary N) is 2. The van der Waals surface area contributed by atoms with Gasteiger partial charge in [0.15, 0.2) is 5.13 Å². The number of nitrogens with zero attached hydrogens (tertiary/aromatic N) is 1. The van der Waals surface area contributed by atoms with Crippen molar-refractivity contribution in [2.45, 2.75) is 97.1 Å². The Bertz CT molecular complexity index is 963. The lowest BCUT2D eigenvalue weighted by Crippen LogP contribution is -2.58. The molecule has 2 amide bonds. The van der Waals surface area contributed by atoms with Crippen LogP contribution in [0.5, 0.6) is 0 Å². The van der Waals surface area contributed by atoms with Gasteiger partial charge >= 0.3 is 0 Å².